The lowest BCUT2D eigenvalue weighted by Crippen LogP contribution is -2.32. The van der Waals surface area contributed by atoms with Crippen molar-refractivity contribution >= 4 is 11.6 Å². The maximum Gasteiger partial charge on any atom is 0.146 e. The van der Waals surface area contributed by atoms with E-state index in [1.807, 2.05) is 0 Å². The van der Waals surface area contributed by atoms with Crippen LogP contribution in [0.25, 0.3) is 0 Å². The Balaban J connectivity index is 4.95. The maximum absolute atomic E-state index is 12.6. The van der Waals surface area contributed by atoms with Crippen LogP contribution in [0, 0.1) is 5.41 Å². The van der Waals surface area contributed by atoms with E-state index in [0.717, 1.165) is 57.8 Å². The molecule has 0 aromatic carbocycles. The Hall–Kier alpha value is -0.660. The molecule has 0 N–H and O–H groups in total. The SMILES string of the molecule is CCCCC(CCCC)(CCCC)C(=O)CC(C)=O. The lowest BCUT2D eigenvalue weighted by atomic mass is 9.70. The first-order valence-electron chi connectivity index (χ1n) is 8.05. The molecule has 0 aliphatic carbocycles. The molecule has 0 amide bonds. The molecule has 0 unspecified atom stereocenters. The van der Waals surface area contributed by atoms with Gasteiger partial charge in [-0.15, -0.1) is 0 Å². The number of unbranched alkanes of at least 4 members (excludes halogenated alkanes) is 3. The molecule has 0 rings (SSSR count). The zero-order valence-corrected chi connectivity index (χ0v) is 13.4. The second-order valence-corrected chi connectivity index (χ2v) is 5.89. The molecule has 112 valence electrons. The molecule has 0 aromatic heterocycles. The normalized spacial score (nSPS) is 11.6. The molecule has 0 spiro atoms. The van der Waals surface area contributed by atoms with E-state index < -0.39 is 0 Å². The molecule has 0 fully saturated rings. The molecular weight excluding hydrogens is 236 g/mol. The highest BCUT2D eigenvalue weighted by Crippen LogP contribution is 2.38. The molecule has 2 nitrogen and oxygen atoms in total. The van der Waals surface area contributed by atoms with Gasteiger partial charge in [-0.25, -0.2) is 0 Å². The average Bonchev–Trinajstić information content (AvgIpc) is 2.37. The number of rotatable bonds is 12. The minimum Gasteiger partial charge on any atom is -0.300 e. The molecule has 19 heavy (non-hydrogen) atoms. The van der Waals surface area contributed by atoms with Crippen LogP contribution in [0.15, 0.2) is 0 Å². The summed E-state index contributed by atoms with van der Waals surface area (Å²) in [4.78, 5) is 23.9. The number of Topliss-reactive ketones (excluding diaryl/α,β-unsaturated/α-hetero) is 2. The summed E-state index contributed by atoms with van der Waals surface area (Å²) in [6.07, 6.45) is 9.68. The van der Waals surface area contributed by atoms with Gasteiger partial charge in [0.25, 0.3) is 0 Å². The predicted molar refractivity (Wildman–Crippen MR) is 81.3 cm³/mol. The van der Waals surface area contributed by atoms with Crippen molar-refractivity contribution in [3.8, 4) is 0 Å². The zero-order chi connectivity index (χ0) is 14.7. The number of carbonyl (C=O) groups excluding carboxylic acids is 2. The van der Waals surface area contributed by atoms with Gasteiger partial charge in [0, 0.05) is 5.41 Å². The van der Waals surface area contributed by atoms with Gasteiger partial charge in [0.05, 0.1) is 6.42 Å². The Bertz CT molecular complexity index is 247. The van der Waals surface area contributed by atoms with Gasteiger partial charge in [-0.3, -0.25) is 9.59 Å². The molecule has 0 saturated carbocycles. The van der Waals surface area contributed by atoms with E-state index in [1.165, 1.54) is 6.92 Å². The highest BCUT2D eigenvalue weighted by atomic mass is 16.1. The highest BCUT2D eigenvalue weighted by molar-refractivity contribution is 6.00. The first kappa shape index (κ1) is 18.3. The monoisotopic (exact) mass is 268 g/mol. The number of hydrogen-bond donors (Lipinski definition) is 0. The van der Waals surface area contributed by atoms with Gasteiger partial charge in [-0.05, 0) is 26.2 Å². The number of hydrogen-bond acceptors (Lipinski definition) is 2. The Morgan fingerprint density at radius 1 is 0.789 bits per heavy atom. The zero-order valence-electron chi connectivity index (χ0n) is 13.4. The third kappa shape index (κ3) is 6.89. The summed E-state index contributed by atoms with van der Waals surface area (Å²) in [5.74, 6) is 0.217. The predicted octanol–water partition coefficient (Wildman–Crippen LogP) is 5.09. The molecule has 2 heteroatoms. The van der Waals surface area contributed by atoms with Crippen molar-refractivity contribution in [2.45, 2.75) is 91.9 Å². The fraction of sp³-hybridized carbons (Fsp3) is 0.882. The van der Waals surface area contributed by atoms with Crippen molar-refractivity contribution in [2.24, 2.45) is 5.41 Å². The van der Waals surface area contributed by atoms with Crippen molar-refractivity contribution in [1.29, 1.82) is 0 Å². The Morgan fingerprint density at radius 2 is 1.16 bits per heavy atom. The van der Waals surface area contributed by atoms with Gasteiger partial charge in [0.15, 0.2) is 0 Å². The van der Waals surface area contributed by atoms with Crippen LogP contribution in [0.5, 0.6) is 0 Å². The standard InChI is InChI=1S/C17H32O2/c1-5-8-11-17(12-9-6-2,13-10-7-3)16(19)14-15(4)18/h5-14H2,1-4H3. The quantitative estimate of drug-likeness (QED) is 0.462. The van der Waals surface area contributed by atoms with Crippen LogP contribution in [-0.2, 0) is 9.59 Å². The molecule has 0 atom stereocenters. The van der Waals surface area contributed by atoms with Crippen LogP contribution in [0.3, 0.4) is 0 Å². The van der Waals surface area contributed by atoms with E-state index in [0.29, 0.717) is 0 Å². The minimum atomic E-state index is -0.215. The van der Waals surface area contributed by atoms with E-state index in [9.17, 15) is 9.59 Å². The van der Waals surface area contributed by atoms with Crippen molar-refractivity contribution in [2.75, 3.05) is 0 Å². The van der Waals surface area contributed by atoms with Crippen molar-refractivity contribution in [3.05, 3.63) is 0 Å². The van der Waals surface area contributed by atoms with Gasteiger partial charge >= 0.3 is 0 Å². The summed E-state index contributed by atoms with van der Waals surface area (Å²) in [6, 6.07) is 0. The first-order chi connectivity index (χ1) is 9.02. The van der Waals surface area contributed by atoms with Crippen molar-refractivity contribution in [1.82, 2.24) is 0 Å². The number of ketones is 2. The van der Waals surface area contributed by atoms with E-state index in [1.54, 1.807) is 0 Å². The molecule has 0 bridgehead atoms. The average molecular weight is 268 g/mol. The van der Waals surface area contributed by atoms with E-state index in [2.05, 4.69) is 20.8 Å². The molecule has 0 radical (unpaired) electrons. The summed E-state index contributed by atoms with van der Waals surface area (Å²) < 4.78 is 0. The summed E-state index contributed by atoms with van der Waals surface area (Å²) in [5, 5.41) is 0. The summed E-state index contributed by atoms with van der Waals surface area (Å²) >= 11 is 0. The van der Waals surface area contributed by atoms with Crippen LogP contribution in [0.2, 0.25) is 0 Å². The minimum absolute atomic E-state index is 0.0128. The molecular formula is C17H32O2. The number of carbonyl (C=O) groups is 2. The molecule has 0 aliphatic rings. The summed E-state index contributed by atoms with van der Waals surface area (Å²) in [6.45, 7) is 8.03. The van der Waals surface area contributed by atoms with Gasteiger partial charge in [0.2, 0.25) is 0 Å². The van der Waals surface area contributed by atoms with Crippen LogP contribution < -0.4 is 0 Å². The molecule has 0 aliphatic heterocycles. The third-order valence-corrected chi connectivity index (χ3v) is 4.03. The first-order valence-corrected chi connectivity index (χ1v) is 8.05. The largest absolute Gasteiger partial charge is 0.300 e. The van der Waals surface area contributed by atoms with E-state index >= 15 is 0 Å². The second-order valence-electron chi connectivity index (χ2n) is 5.89. The molecule has 0 saturated heterocycles. The fourth-order valence-electron chi connectivity index (χ4n) is 2.75. The molecule has 0 heterocycles. The third-order valence-electron chi connectivity index (χ3n) is 4.03. The summed E-state index contributed by atoms with van der Waals surface area (Å²) in [5.41, 5.74) is -0.215. The topological polar surface area (TPSA) is 34.1 Å². The van der Waals surface area contributed by atoms with Crippen LogP contribution in [-0.4, -0.2) is 11.6 Å². The lowest BCUT2D eigenvalue weighted by Gasteiger charge is -2.32. The van der Waals surface area contributed by atoms with Gasteiger partial charge < -0.3 is 0 Å². The van der Waals surface area contributed by atoms with E-state index in [-0.39, 0.29) is 23.4 Å². The van der Waals surface area contributed by atoms with Crippen LogP contribution in [0.4, 0.5) is 0 Å². The van der Waals surface area contributed by atoms with Crippen molar-refractivity contribution in [3.63, 3.8) is 0 Å². The van der Waals surface area contributed by atoms with E-state index in [4.69, 9.17) is 0 Å². The molecule has 0 aromatic rings. The fourth-order valence-corrected chi connectivity index (χ4v) is 2.75. The van der Waals surface area contributed by atoms with Gasteiger partial charge in [-0.2, -0.15) is 0 Å². The smallest absolute Gasteiger partial charge is 0.146 e. The van der Waals surface area contributed by atoms with Crippen LogP contribution in [0.1, 0.15) is 91.9 Å². The lowest BCUT2D eigenvalue weighted by molar-refractivity contribution is -0.134. The Morgan fingerprint density at radius 3 is 1.42 bits per heavy atom. The van der Waals surface area contributed by atoms with Crippen molar-refractivity contribution < 1.29 is 9.59 Å². The second kappa shape index (κ2) is 10.2. The summed E-state index contributed by atoms with van der Waals surface area (Å²) in [7, 11) is 0. The maximum atomic E-state index is 12.6. The Labute approximate surface area is 119 Å². The van der Waals surface area contributed by atoms with Crippen LogP contribution >= 0.6 is 0 Å². The highest BCUT2D eigenvalue weighted by Gasteiger charge is 2.36. The van der Waals surface area contributed by atoms with Gasteiger partial charge in [0.1, 0.15) is 11.6 Å². The Kier molecular flexibility index (Phi) is 9.81. The van der Waals surface area contributed by atoms with Gasteiger partial charge in [-0.1, -0.05) is 59.3 Å².